The number of amides is 2. The maximum absolute atomic E-state index is 12.6. The van der Waals surface area contributed by atoms with Gasteiger partial charge in [-0.2, -0.15) is 0 Å². The molecule has 1 aromatic rings. The Kier molecular flexibility index (Phi) is 7.92. The summed E-state index contributed by atoms with van der Waals surface area (Å²) in [4.78, 5) is 28.8. The second-order valence-corrected chi connectivity index (χ2v) is 7.51. The number of benzene rings is 1. The van der Waals surface area contributed by atoms with Gasteiger partial charge in [0.15, 0.2) is 0 Å². The SMILES string of the molecule is CC(CC(=O)N1CCN(C(=O)c2cccc(O)c2)CC1)C1CCCNC1.Cl. The Hall–Kier alpha value is -1.79. The van der Waals surface area contributed by atoms with Crippen molar-refractivity contribution in [2.75, 3.05) is 39.3 Å². The van der Waals surface area contributed by atoms with Crippen molar-refractivity contribution < 1.29 is 14.7 Å². The molecular weight excluding hydrogens is 366 g/mol. The number of carbonyl (C=O) groups excluding carboxylic acids is 2. The van der Waals surface area contributed by atoms with E-state index in [2.05, 4.69) is 12.2 Å². The van der Waals surface area contributed by atoms with E-state index < -0.39 is 0 Å². The molecule has 0 aliphatic carbocycles. The fraction of sp³-hybridized carbons (Fsp3) is 0.600. The highest BCUT2D eigenvalue weighted by molar-refractivity contribution is 5.94. The molecular formula is C20H30ClN3O3. The summed E-state index contributed by atoms with van der Waals surface area (Å²) >= 11 is 0. The van der Waals surface area contributed by atoms with Crippen molar-refractivity contribution in [3.05, 3.63) is 29.8 Å². The molecule has 150 valence electrons. The average Bonchev–Trinajstić information content (AvgIpc) is 2.68. The van der Waals surface area contributed by atoms with Crippen LogP contribution in [0.3, 0.4) is 0 Å². The van der Waals surface area contributed by atoms with Crippen LogP contribution < -0.4 is 5.32 Å². The molecule has 2 atom stereocenters. The van der Waals surface area contributed by atoms with Crippen LogP contribution in [0.15, 0.2) is 24.3 Å². The molecule has 2 aliphatic heterocycles. The number of hydrogen-bond donors (Lipinski definition) is 2. The molecule has 2 aliphatic rings. The van der Waals surface area contributed by atoms with Gasteiger partial charge in [-0.1, -0.05) is 13.0 Å². The highest BCUT2D eigenvalue weighted by Gasteiger charge is 2.28. The van der Waals surface area contributed by atoms with Crippen molar-refractivity contribution >= 4 is 24.2 Å². The first-order valence-electron chi connectivity index (χ1n) is 9.61. The number of phenols is 1. The standard InChI is InChI=1S/C20H29N3O3.ClH/c1-15(17-5-3-7-21-14-17)12-19(25)22-8-10-23(11-9-22)20(26)16-4-2-6-18(24)13-16;/h2,4,6,13,15,17,21,24H,3,5,7-12,14H2,1H3;1H. The van der Waals surface area contributed by atoms with Crippen LogP contribution in [0.4, 0.5) is 0 Å². The molecule has 2 saturated heterocycles. The quantitative estimate of drug-likeness (QED) is 0.819. The maximum Gasteiger partial charge on any atom is 0.254 e. The molecule has 0 aromatic heterocycles. The lowest BCUT2D eigenvalue weighted by Gasteiger charge is -2.36. The number of phenolic OH excluding ortho intramolecular Hbond substituents is 1. The second-order valence-electron chi connectivity index (χ2n) is 7.51. The van der Waals surface area contributed by atoms with E-state index in [-0.39, 0.29) is 30.0 Å². The predicted molar refractivity (Wildman–Crippen MR) is 107 cm³/mol. The minimum atomic E-state index is -0.0883. The van der Waals surface area contributed by atoms with Crippen LogP contribution in [0, 0.1) is 11.8 Å². The number of aromatic hydroxyl groups is 1. The first-order valence-corrected chi connectivity index (χ1v) is 9.61. The maximum atomic E-state index is 12.6. The molecule has 7 heteroatoms. The van der Waals surface area contributed by atoms with Gasteiger partial charge in [-0.3, -0.25) is 9.59 Å². The van der Waals surface area contributed by atoms with Crippen LogP contribution in [0.1, 0.15) is 36.5 Å². The van der Waals surface area contributed by atoms with Crippen molar-refractivity contribution in [2.45, 2.75) is 26.2 Å². The Balaban J connectivity index is 0.00000261. The Morgan fingerprint density at radius 1 is 1.22 bits per heavy atom. The van der Waals surface area contributed by atoms with Crippen LogP contribution in [-0.2, 0) is 4.79 Å². The van der Waals surface area contributed by atoms with Gasteiger partial charge in [-0.25, -0.2) is 0 Å². The van der Waals surface area contributed by atoms with Crippen molar-refractivity contribution in [3.8, 4) is 5.75 Å². The fourth-order valence-corrected chi connectivity index (χ4v) is 3.92. The lowest BCUT2D eigenvalue weighted by atomic mass is 9.85. The number of rotatable bonds is 4. The summed E-state index contributed by atoms with van der Waals surface area (Å²) < 4.78 is 0. The van der Waals surface area contributed by atoms with Crippen molar-refractivity contribution in [1.29, 1.82) is 0 Å². The zero-order valence-electron chi connectivity index (χ0n) is 15.9. The summed E-state index contributed by atoms with van der Waals surface area (Å²) in [7, 11) is 0. The molecule has 3 rings (SSSR count). The third-order valence-electron chi connectivity index (χ3n) is 5.65. The number of nitrogens with zero attached hydrogens (tertiary/aromatic N) is 2. The van der Waals surface area contributed by atoms with E-state index in [9.17, 15) is 14.7 Å². The fourth-order valence-electron chi connectivity index (χ4n) is 3.92. The van der Waals surface area contributed by atoms with Crippen LogP contribution in [0.25, 0.3) is 0 Å². The summed E-state index contributed by atoms with van der Waals surface area (Å²) in [6.45, 7) is 6.53. The number of hydrogen-bond acceptors (Lipinski definition) is 4. The van der Waals surface area contributed by atoms with Crippen molar-refractivity contribution in [3.63, 3.8) is 0 Å². The molecule has 2 fully saturated rings. The van der Waals surface area contributed by atoms with Crippen molar-refractivity contribution in [2.24, 2.45) is 11.8 Å². The van der Waals surface area contributed by atoms with E-state index >= 15 is 0 Å². The third kappa shape index (κ3) is 5.59. The van der Waals surface area contributed by atoms with Crippen LogP contribution >= 0.6 is 12.4 Å². The molecule has 0 bridgehead atoms. The van der Waals surface area contributed by atoms with Crippen molar-refractivity contribution in [1.82, 2.24) is 15.1 Å². The zero-order valence-corrected chi connectivity index (χ0v) is 16.7. The van der Waals surface area contributed by atoms with Gasteiger partial charge >= 0.3 is 0 Å². The summed E-state index contributed by atoms with van der Waals surface area (Å²) in [5.41, 5.74) is 0.489. The first-order chi connectivity index (χ1) is 12.5. The molecule has 2 unspecified atom stereocenters. The first kappa shape index (κ1) is 21.5. The van der Waals surface area contributed by atoms with Gasteiger partial charge < -0.3 is 20.2 Å². The summed E-state index contributed by atoms with van der Waals surface area (Å²) in [6.07, 6.45) is 2.99. The van der Waals surface area contributed by atoms with Gasteiger partial charge in [0.2, 0.25) is 5.91 Å². The summed E-state index contributed by atoms with van der Waals surface area (Å²) in [5.74, 6) is 1.18. The molecule has 2 amide bonds. The molecule has 0 spiro atoms. The lowest BCUT2D eigenvalue weighted by Crippen LogP contribution is -2.51. The van der Waals surface area contributed by atoms with Gasteiger partial charge in [-0.05, 0) is 56.0 Å². The largest absolute Gasteiger partial charge is 0.508 e. The smallest absolute Gasteiger partial charge is 0.254 e. The highest BCUT2D eigenvalue weighted by atomic mass is 35.5. The topological polar surface area (TPSA) is 72.9 Å². The van der Waals surface area contributed by atoms with Gasteiger partial charge in [0.25, 0.3) is 5.91 Å². The lowest BCUT2D eigenvalue weighted by molar-refractivity contribution is -0.134. The number of piperidine rings is 1. The van der Waals surface area contributed by atoms with E-state index in [4.69, 9.17) is 0 Å². The summed E-state index contributed by atoms with van der Waals surface area (Å²) in [5, 5.41) is 13.0. The number of carbonyl (C=O) groups is 2. The normalized spacial score (nSPS) is 21.3. The Morgan fingerprint density at radius 3 is 2.56 bits per heavy atom. The van der Waals surface area contributed by atoms with Crippen LogP contribution in [-0.4, -0.2) is 66.0 Å². The summed E-state index contributed by atoms with van der Waals surface area (Å²) in [6, 6.07) is 6.42. The molecule has 6 nitrogen and oxygen atoms in total. The predicted octanol–water partition coefficient (Wildman–Crippen LogP) is 2.12. The minimum Gasteiger partial charge on any atom is -0.508 e. The molecule has 2 heterocycles. The molecule has 0 radical (unpaired) electrons. The number of nitrogens with one attached hydrogen (secondary N) is 1. The molecule has 27 heavy (non-hydrogen) atoms. The minimum absolute atomic E-state index is 0. The Bertz CT molecular complexity index is 641. The number of piperazine rings is 1. The van der Waals surface area contributed by atoms with E-state index in [0.717, 1.165) is 13.1 Å². The Morgan fingerprint density at radius 2 is 1.93 bits per heavy atom. The average molecular weight is 396 g/mol. The Labute approximate surface area is 167 Å². The van der Waals surface area contributed by atoms with Crippen LogP contribution in [0.2, 0.25) is 0 Å². The van der Waals surface area contributed by atoms with E-state index in [1.165, 1.54) is 18.9 Å². The van der Waals surface area contributed by atoms with Gasteiger partial charge in [0, 0.05) is 38.2 Å². The molecule has 2 N–H and O–H groups in total. The molecule has 1 aromatic carbocycles. The third-order valence-corrected chi connectivity index (χ3v) is 5.65. The van der Waals surface area contributed by atoms with Gasteiger partial charge in [0.05, 0.1) is 0 Å². The number of halogens is 1. The van der Waals surface area contributed by atoms with Gasteiger partial charge in [0.1, 0.15) is 5.75 Å². The zero-order chi connectivity index (χ0) is 18.5. The van der Waals surface area contributed by atoms with Crippen LogP contribution in [0.5, 0.6) is 5.75 Å². The monoisotopic (exact) mass is 395 g/mol. The highest BCUT2D eigenvalue weighted by Crippen LogP contribution is 2.23. The van der Waals surface area contributed by atoms with E-state index in [1.54, 1.807) is 23.1 Å². The van der Waals surface area contributed by atoms with E-state index in [1.807, 2.05) is 4.90 Å². The van der Waals surface area contributed by atoms with E-state index in [0.29, 0.717) is 50.0 Å². The molecule has 0 saturated carbocycles. The second kappa shape index (κ2) is 9.95. The van der Waals surface area contributed by atoms with Gasteiger partial charge in [-0.15, -0.1) is 12.4 Å².